The van der Waals surface area contributed by atoms with Crippen molar-refractivity contribution in [1.29, 1.82) is 0 Å². The van der Waals surface area contributed by atoms with Crippen molar-refractivity contribution in [1.82, 2.24) is 0 Å². The molecule has 0 bridgehead atoms. The summed E-state index contributed by atoms with van der Waals surface area (Å²) in [4.78, 5) is 11.2. The van der Waals surface area contributed by atoms with Crippen LogP contribution in [0.15, 0.2) is 0 Å². The number of aliphatic hydroxyl groups is 1. The van der Waals surface area contributed by atoms with Gasteiger partial charge in [0.15, 0.2) is 0 Å². The minimum Gasteiger partial charge on any atom is -0.466 e. The second kappa shape index (κ2) is 7.80. The Morgan fingerprint density at radius 3 is 2.43 bits per heavy atom. The molecule has 0 fully saturated rings. The SMILES string of the molecule is CCOC(=O)C(C)CCC(C)CCO. The number of hydrogen-bond donors (Lipinski definition) is 1. The summed E-state index contributed by atoms with van der Waals surface area (Å²) in [6.07, 6.45) is 2.64. The van der Waals surface area contributed by atoms with E-state index in [1.807, 2.05) is 13.8 Å². The van der Waals surface area contributed by atoms with Gasteiger partial charge >= 0.3 is 5.97 Å². The van der Waals surface area contributed by atoms with E-state index in [-0.39, 0.29) is 18.5 Å². The Bertz CT molecular complexity index is 157. The molecule has 0 heterocycles. The van der Waals surface area contributed by atoms with E-state index in [4.69, 9.17) is 9.84 Å². The highest BCUT2D eigenvalue weighted by Crippen LogP contribution is 2.15. The topological polar surface area (TPSA) is 46.5 Å². The van der Waals surface area contributed by atoms with Crippen LogP contribution in [0.4, 0.5) is 0 Å². The Morgan fingerprint density at radius 1 is 1.29 bits per heavy atom. The van der Waals surface area contributed by atoms with Crippen molar-refractivity contribution in [2.45, 2.75) is 40.0 Å². The van der Waals surface area contributed by atoms with Gasteiger partial charge in [-0.05, 0) is 32.1 Å². The summed E-state index contributed by atoms with van der Waals surface area (Å²) in [7, 11) is 0. The lowest BCUT2D eigenvalue weighted by Crippen LogP contribution is -2.15. The van der Waals surface area contributed by atoms with Gasteiger partial charge in [0.05, 0.1) is 12.5 Å². The lowest BCUT2D eigenvalue weighted by molar-refractivity contribution is -0.147. The molecule has 0 saturated carbocycles. The van der Waals surface area contributed by atoms with Gasteiger partial charge in [-0.1, -0.05) is 13.8 Å². The first kappa shape index (κ1) is 13.4. The quantitative estimate of drug-likeness (QED) is 0.642. The maximum Gasteiger partial charge on any atom is 0.308 e. The molecule has 2 atom stereocenters. The molecule has 1 N–H and O–H groups in total. The number of hydrogen-bond acceptors (Lipinski definition) is 3. The molecule has 3 heteroatoms. The van der Waals surface area contributed by atoms with Crippen LogP contribution in [0.5, 0.6) is 0 Å². The molecule has 0 aliphatic heterocycles. The summed E-state index contributed by atoms with van der Waals surface area (Å²) in [5, 5.41) is 8.70. The molecule has 84 valence electrons. The summed E-state index contributed by atoms with van der Waals surface area (Å²) in [5.41, 5.74) is 0. The molecule has 0 aromatic rings. The fourth-order valence-electron chi connectivity index (χ4n) is 1.30. The number of aliphatic hydroxyl groups excluding tert-OH is 1. The van der Waals surface area contributed by atoms with Crippen LogP contribution in [0, 0.1) is 11.8 Å². The van der Waals surface area contributed by atoms with Gasteiger partial charge in [-0.2, -0.15) is 0 Å². The third kappa shape index (κ3) is 5.97. The van der Waals surface area contributed by atoms with Gasteiger partial charge < -0.3 is 9.84 Å². The van der Waals surface area contributed by atoms with Crippen molar-refractivity contribution in [3.63, 3.8) is 0 Å². The smallest absolute Gasteiger partial charge is 0.308 e. The van der Waals surface area contributed by atoms with Crippen LogP contribution in [0.2, 0.25) is 0 Å². The van der Waals surface area contributed by atoms with Gasteiger partial charge in [0.2, 0.25) is 0 Å². The molecule has 0 aromatic carbocycles. The monoisotopic (exact) mass is 202 g/mol. The zero-order chi connectivity index (χ0) is 11.0. The number of esters is 1. The third-order valence-electron chi connectivity index (χ3n) is 2.40. The first-order chi connectivity index (χ1) is 6.61. The van der Waals surface area contributed by atoms with Gasteiger partial charge in [0.25, 0.3) is 0 Å². The molecular formula is C11H22O3. The molecule has 0 aliphatic rings. The highest BCUT2D eigenvalue weighted by Gasteiger charge is 2.14. The van der Waals surface area contributed by atoms with Crippen LogP contribution in [0.3, 0.4) is 0 Å². The normalized spacial score (nSPS) is 14.9. The van der Waals surface area contributed by atoms with E-state index in [9.17, 15) is 4.79 Å². The van der Waals surface area contributed by atoms with Crippen molar-refractivity contribution in [2.75, 3.05) is 13.2 Å². The molecule has 0 amide bonds. The maximum absolute atomic E-state index is 11.2. The van der Waals surface area contributed by atoms with Gasteiger partial charge in [-0.25, -0.2) is 0 Å². The van der Waals surface area contributed by atoms with E-state index < -0.39 is 0 Å². The third-order valence-corrected chi connectivity index (χ3v) is 2.40. The van der Waals surface area contributed by atoms with Crippen molar-refractivity contribution in [2.24, 2.45) is 11.8 Å². The van der Waals surface area contributed by atoms with Crippen molar-refractivity contribution in [3.05, 3.63) is 0 Å². The van der Waals surface area contributed by atoms with Gasteiger partial charge in [0, 0.05) is 6.61 Å². The molecule has 0 aromatic heterocycles. The Morgan fingerprint density at radius 2 is 1.93 bits per heavy atom. The minimum absolute atomic E-state index is 0.0175. The molecule has 0 radical (unpaired) electrons. The fourth-order valence-corrected chi connectivity index (χ4v) is 1.30. The van der Waals surface area contributed by atoms with Crippen LogP contribution < -0.4 is 0 Å². The molecule has 0 rings (SSSR count). The van der Waals surface area contributed by atoms with Crippen molar-refractivity contribution >= 4 is 5.97 Å². The summed E-state index contributed by atoms with van der Waals surface area (Å²) >= 11 is 0. The predicted molar refractivity (Wildman–Crippen MR) is 55.9 cm³/mol. The van der Waals surface area contributed by atoms with E-state index in [2.05, 4.69) is 6.92 Å². The molecule has 0 saturated heterocycles. The van der Waals surface area contributed by atoms with Gasteiger partial charge in [-0.3, -0.25) is 4.79 Å². The van der Waals surface area contributed by atoms with Gasteiger partial charge in [-0.15, -0.1) is 0 Å². The van der Waals surface area contributed by atoms with E-state index in [0.717, 1.165) is 19.3 Å². The average molecular weight is 202 g/mol. The van der Waals surface area contributed by atoms with Crippen LogP contribution in [0.25, 0.3) is 0 Å². The first-order valence-electron chi connectivity index (χ1n) is 5.39. The highest BCUT2D eigenvalue weighted by atomic mass is 16.5. The number of rotatable bonds is 7. The summed E-state index contributed by atoms with van der Waals surface area (Å²) < 4.78 is 4.91. The fraction of sp³-hybridized carbons (Fsp3) is 0.909. The predicted octanol–water partition coefficient (Wildman–Crippen LogP) is 1.98. The molecule has 0 spiro atoms. The molecule has 3 nitrogen and oxygen atoms in total. The highest BCUT2D eigenvalue weighted by molar-refractivity contribution is 5.71. The van der Waals surface area contributed by atoms with Crippen LogP contribution in [-0.4, -0.2) is 24.3 Å². The summed E-state index contributed by atoms with van der Waals surface area (Å²) in [6, 6.07) is 0. The van der Waals surface area contributed by atoms with E-state index >= 15 is 0 Å². The number of carbonyl (C=O) groups is 1. The van der Waals surface area contributed by atoms with Crippen LogP contribution >= 0.6 is 0 Å². The first-order valence-corrected chi connectivity index (χ1v) is 5.39. The lowest BCUT2D eigenvalue weighted by atomic mass is 9.96. The summed E-state index contributed by atoms with van der Waals surface area (Å²) in [6.45, 7) is 6.49. The molecule has 0 aliphatic carbocycles. The molecular weight excluding hydrogens is 180 g/mol. The lowest BCUT2D eigenvalue weighted by Gasteiger charge is -2.13. The minimum atomic E-state index is -0.108. The van der Waals surface area contributed by atoms with E-state index in [0.29, 0.717) is 12.5 Å². The standard InChI is InChI=1S/C11H22O3/c1-4-14-11(13)10(3)6-5-9(2)7-8-12/h9-10,12H,4-8H2,1-3H3. The zero-order valence-electron chi connectivity index (χ0n) is 9.45. The van der Waals surface area contributed by atoms with E-state index in [1.165, 1.54) is 0 Å². The van der Waals surface area contributed by atoms with Crippen LogP contribution in [0.1, 0.15) is 40.0 Å². The number of carbonyl (C=O) groups excluding carboxylic acids is 1. The second-order valence-corrected chi connectivity index (χ2v) is 3.85. The Hall–Kier alpha value is -0.570. The molecule has 2 unspecified atom stereocenters. The number of ether oxygens (including phenoxy) is 1. The Balaban J connectivity index is 3.61. The largest absolute Gasteiger partial charge is 0.466 e. The van der Waals surface area contributed by atoms with Crippen molar-refractivity contribution < 1.29 is 14.6 Å². The summed E-state index contributed by atoms with van der Waals surface area (Å²) in [5.74, 6) is 0.358. The van der Waals surface area contributed by atoms with E-state index in [1.54, 1.807) is 0 Å². The average Bonchev–Trinajstić information content (AvgIpc) is 2.15. The molecule has 14 heavy (non-hydrogen) atoms. The maximum atomic E-state index is 11.2. The van der Waals surface area contributed by atoms with Crippen LogP contribution in [-0.2, 0) is 9.53 Å². The Kier molecular flexibility index (Phi) is 7.48. The van der Waals surface area contributed by atoms with Gasteiger partial charge in [0.1, 0.15) is 0 Å². The van der Waals surface area contributed by atoms with Crippen molar-refractivity contribution in [3.8, 4) is 0 Å². The zero-order valence-corrected chi connectivity index (χ0v) is 9.45. The second-order valence-electron chi connectivity index (χ2n) is 3.85. The Labute approximate surface area is 86.5 Å².